The molecule has 1 fully saturated rings. The highest BCUT2D eigenvalue weighted by Crippen LogP contribution is 2.35. The highest BCUT2D eigenvalue weighted by molar-refractivity contribution is 9.10. The Balaban J connectivity index is 1.65. The topological polar surface area (TPSA) is 99.0 Å². The molecule has 0 bridgehead atoms. The van der Waals surface area contributed by atoms with Crippen molar-refractivity contribution in [2.45, 2.75) is 32.9 Å². The quantitative estimate of drug-likeness (QED) is 0.650. The number of carbonyl (C=O) groups is 1. The third kappa shape index (κ3) is 3.89. The Bertz CT molecular complexity index is 1110. The van der Waals surface area contributed by atoms with E-state index in [4.69, 9.17) is 4.74 Å². The Kier molecular flexibility index (Phi) is 4.84. The minimum Gasteiger partial charge on any atom is -0.473 e. The van der Waals surface area contributed by atoms with Crippen molar-refractivity contribution in [3.05, 3.63) is 51.0 Å². The molecule has 2 aromatic heterocycles. The molecule has 4 rings (SSSR count). The molecule has 8 nitrogen and oxygen atoms in total. The molecule has 1 aromatic carbocycles. The maximum atomic E-state index is 12.8. The van der Waals surface area contributed by atoms with E-state index >= 15 is 0 Å². The van der Waals surface area contributed by atoms with E-state index in [2.05, 4.69) is 43.2 Å². The van der Waals surface area contributed by atoms with Gasteiger partial charge in [0.2, 0.25) is 17.7 Å². The number of hydrogen-bond donors (Lipinski definition) is 1. The highest BCUT2D eigenvalue weighted by atomic mass is 79.9. The number of aromatic nitrogens is 4. The Hall–Kier alpha value is -2.81. The number of aryl methyl sites for hydroxylation is 1. The summed E-state index contributed by atoms with van der Waals surface area (Å²) in [6, 6.07) is 5.28. The summed E-state index contributed by atoms with van der Waals surface area (Å²) in [6.45, 7) is 3.68. The Morgan fingerprint density at radius 3 is 2.71 bits per heavy atom. The van der Waals surface area contributed by atoms with Crippen LogP contribution < -0.4 is 15.6 Å². The first-order chi connectivity index (χ1) is 13.4. The van der Waals surface area contributed by atoms with E-state index in [0.717, 1.165) is 21.1 Å². The van der Waals surface area contributed by atoms with E-state index in [1.54, 1.807) is 30.6 Å². The molecule has 0 aliphatic heterocycles. The van der Waals surface area contributed by atoms with Crippen LogP contribution in [0, 0.1) is 12.8 Å². The summed E-state index contributed by atoms with van der Waals surface area (Å²) in [6.07, 6.45) is 4.23. The lowest BCUT2D eigenvalue weighted by Gasteiger charge is -2.12. The molecule has 2 unspecified atom stereocenters. The monoisotopic (exact) mass is 443 g/mol. The number of nitrogens with zero attached hydrogens (tertiary/aromatic N) is 4. The normalized spacial score (nSPS) is 18.1. The zero-order chi connectivity index (χ0) is 19.8. The lowest BCUT2D eigenvalue weighted by atomic mass is 10.2. The lowest BCUT2D eigenvalue weighted by Crippen LogP contribution is -2.30. The number of amides is 1. The highest BCUT2D eigenvalue weighted by Gasteiger charge is 2.36. The second-order valence-corrected chi connectivity index (χ2v) is 7.88. The van der Waals surface area contributed by atoms with Crippen LogP contribution in [0.4, 0.5) is 5.95 Å². The summed E-state index contributed by atoms with van der Waals surface area (Å²) in [4.78, 5) is 33.2. The number of nitrogens with one attached hydrogen (secondary N) is 1. The zero-order valence-electron chi connectivity index (χ0n) is 15.3. The van der Waals surface area contributed by atoms with E-state index in [-0.39, 0.29) is 24.2 Å². The van der Waals surface area contributed by atoms with Crippen LogP contribution in [0.25, 0.3) is 10.8 Å². The average Bonchev–Trinajstić information content (AvgIpc) is 3.35. The molecule has 1 aliphatic carbocycles. The second-order valence-electron chi connectivity index (χ2n) is 6.96. The number of fused-ring (bicyclic) bond motifs is 1. The maximum Gasteiger partial charge on any atom is 0.275 e. The van der Waals surface area contributed by atoms with Crippen LogP contribution in [0.1, 0.15) is 18.9 Å². The van der Waals surface area contributed by atoms with Gasteiger partial charge in [0.1, 0.15) is 12.6 Å². The van der Waals surface area contributed by atoms with Crippen LogP contribution in [0.5, 0.6) is 5.88 Å². The summed E-state index contributed by atoms with van der Waals surface area (Å²) >= 11 is 3.42. The predicted molar refractivity (Wildman–Crippen MR) is 107 cm³/mol. The maximum absolute atomic E-state index is 12.8. The first kappa shape index (κ1) is 18.5. The van der Waals surface area contributed by atoms with Gasteiger partial charge in [0.15, 0.2) is 0 Å². The van der Waals surface area contributed by atoms with Crippen LogP contribution in [0.3, 0.4) is 0 Å². The Labute approximate surface area is 169 Å². The van der Waals surface area contributed by atoms with Gasteiger partial charge in [0, 0.05) is 16.9 Å². The molecular weight excluding hydrogens is 426 g/mol. The first-order valence-corrected chi connectivity index (χ1v) is 9.65. The number of rotatable bonds is 5. The van der Waals surface area contributed by atoms with E-state index in [1.807, 2.05) is 6.92 Å². The SMILES string of the molecule is Cc1cnc(NC(=O)Cn2nc(OC3CC3C)c3cc(Br)ccc3c2=O)nc1. The van der Waals surface area contributed by atoms with Crippen LogP contribution in [-0.4, -0.2) is 31.8 Å². The van der Waals surface area contributed by atoms with Gasteiger partial charge in [-0.15, -0.1) is 5.10 Å². The van der Waals surface area contributed by atoms with Crippen molar-refractivity contribution in [2.24, 2.45) is 5.92 Å². The number of halogens is 1. The Morgan fingerprint density at radius 2 is 2.04 bits per heavy atom. The van der Waals surface area contributed by atoms with Crippen molar-refractivity contribution < 1.29 is 9.53 Å². The van der Waals surface area contributed by atoms with Gasteiger partial charge in [-0.05, 0) is 43.0 Å². The third-order valence-corrected chi connectivity index (χ3v) is 5.01. The fraction of sp³-hybridized carbons (Fsp3) is 0.316. The molecule has 2 heterocycles. The van der Waals surface area contributed by atoms with E-state index < -0.39 is 5.91 Å². The van der Waals surface area contributed by atoms with Crippen LogP contribution in [0.15, 0.2) is 39.9 Å². The summed E-state index contributed by atoms with van der Waals surface area (Å²) in [5.74, 6) is 0.535. The second kappa shape index (κ2) is 7.31. The molecule has 9 heteroatoms. The predicted octanol–water partition coefficient (Wildman–Crippen LogP) is 2.68. The first-order valence-electron chi connectivity index (χ1n) is 8.86. The number of anilines is 1. The molecule has 2 atom stereocenters. The molecular formula is C19H18BrN5O3. The smallest absolute Gasteiger partial charge is 0.275 e. The Morgan fingerprint density at radius 1 is 1.32 bits per heavy atom. The van der Waals surface area contributed by atoms with Gasteiger partial charge in [-0.2, -0.15) is 0 Å². The molecule has 1 N–H and O–H groups in total. The lowest BCUT2D eigenvalue weighted by molar-refractivity contribution is -0.117. The molecule has 3 aromatic rings. The van der Waals surface area contributed by atoms with Crippen molar-refractivity contribution in [3.63, 3.8) is 0 Å². The van der Waals surface area contributed by atoms with Crippen LogP contribution >= 0.6 is 15.9 Å². The standard InChI is InChI=1S/C19H18BrN5O3/c1-10-7-21-19(22-8-10)23-16(26)9-25-18(27)13-4-3-12(20)6-14(13)17(24-25)28-15-5-11(15)2/h3-4,6-8,11,15H,5,9H2,1-2H3,(H,21,22,23,26). The van der Waals surface area contributed by atoms with Gasteiger partial charge in [-0.3, -0.25) is 14.9 Å². The van der Waals surface area contributed by atoms with Crippen molar-refractivity contribution in [1.29, 1.82) is 0 Å². The minimum absolute atomic E-state index is 0.0791. The fourth-order valence-corrected chi connectivity index (χ4v) is 3.14. The molecule has 0 spiro atoms. The van der Waals surface area contributed by atoms with Crippen molar-refractivity contribution in [3.8, 4) is 5.88 Å². The van der Waals surface area contributed by atoms with Gasteiger partial charge in [0.05, 0.1) is 10.8 Å². The van der Waals surface area contributed by atoms with E-state index in [0.29, 0.717) is 22.6 Å². The number of ether oxygens (including phenoxy) is 1. The van der Waals surface area contributed by atoms with Crippen molar-refractivity contribution in [1.82, 2.24) is 19.7 Å². The zero-order valence-corrected chi connectivity index (χ0v) is 16.9. The van der Waals surface area contributed by atoms with Crippen molar-refractivity contribution >= 4 is 38.6 Å². The summed E-state index contributed by atoms with van der Waals surface area (Å²) < 4.78 is 7.90. The molecule has 1 amide bonds. The molecule has 0 radical (unpaired) electrons. The third-order valence-electron chi connectivity index (χ3n) is 4.51. The van der Waals surface area contributed by atoms with Gasteiger partial charge in [-0.1, -0.05) is 22.9 Å². The van der Waals surface area contributed by atoms with Gasteiger partial charge >= 0.3 is 0 Å². The molecule has 0 saturated heterocycles. The number of carbonyl (C=O) groups excluding carboxylic acids is 1. The number of hydrogen-bond acceptors (Lipinski definition) is 6. The van der Waals surface area contributed by atoms with Crippen LogP contribution in [-0.2, 0) is 11.3 Å². The summed E-state index contributed by atoms with van der Waals surface area (Å²) in [5, 5.41) is 7.95. The van der Waals surface area contributed by atoms with Crippen molar-refractivity contribution in [2.75, 3.05) is 5.32 Å². The summed E-state index contributed by atoms with van der Waals surface area (Å²) in [5.41, 5.74) is 0.520. The van der Waals surface area contributed by atoms with Crippen LogP contribution in [0.2, 0.25) is 0 Å². The van der Waals surface area contributed by atoms with E-state index in [9.17, 15) is 9.59 Å². The molecule has 1 aliphatic rings. The molecule has 1 saturated carbocycles. The van der Waals surface area contributed by atoms with Gasteiger partial charge in [0.25, 0.3) is 5.56 Å². The van der Waals surface area contributed by atoms with Gasteiger partial charge < -0.3 is 4.74 Å². The molecule has 144 valence electrons. The largest absolute Gasteiger partial charge is 0.473 e. The van der Waals surface area contributed by atoms with E-state index in [1.165, 1.54) is 0 Å². The van der Waals surface area contributed by atoms with Gasteiger partial charge in [-0.25, -0.2) is 14.6 Å². The minimum atomic E-state index is -0.444. The number of benzene rings is 1. The average molecular weight is 444 g/mol. The summed E-state index contributed by atoms with van der Waals surface area (Å²) in [7, 11) is 0. The fourth-order valence-electron chi connectivity index (χ4n) is 2.77. The molecule has 28 heavy (non-hydrogen) atoms.